The first-order valence-corrected chi connectivity index (χ1v) is 6.54. The van der Waals surface area contributed by atoms with Crippen LogP contribution in [0.3, 0.4) is 0 Å². The monoisotopic (exact) mass is 248 g/mol. The van der Waals surface area contributed by atoms with Crippen molar-refractivity contribution in [2.75, 3.05) is 11.9 Å². The third kappa shape index (κ3) is 2.91. The van der Waals surface area contributed by atoms with E-state index in [2.05, 4.69) is 58.8 Å². The SMILES string of the molecule is c1ccc(CCNc2ccc3ccccc3c2)nc1. The minimum atomic E-state index is 0.898. The van der Waals surface area contributed by atoms with Crippen LogP contribution in [-0.2, 0) is 6.42 Å². The van der Waals surface area contributed by atoms with Gasteiger partial charge in [-0.3, -0.25) is 4.98 Å². The second-order valence-corrected chi connectivity index (χ2v) is 4.56. The van der Waals surface area contributed by atoms with Crippen molar-refractivity contribution in [3.8, 4) is 0 Å². The topological polar surface area (TPSA) is 24.9 Å². The molecule has 1 heterocycles. The number of pyridine rings is 1. The Labute approximate surface area is 113 Å². The molecule has 0 aliphatic rings. The lowest BCUT2D eigenvalue weighted by Gasteiger charge is -2.07. The fourth-order valence-electron chi connectivity index (χ4n) is 2.18. The van der Waals surface area contributed by atoms with Crippen molar-refractivity contribution in [3.05, 3.63) is 72.6 Å². The first kappa shape index (κ1) is 11.7. The van der Waals surface area contributed by atoms with Crippen LogP contribution in [0, 0.1) is 0 Å². The molecule has 0 saturated carbocycles. The Morgan fingerprint density at radius 3 is 2.53 bits per heavy atom. The molecule has 2 nitrogen and oxygen atoms in total. The molecule has 0 aliphatic heterocycles. The summed E-state index contributed by atoms with van der Waals surface area (Å²) in [5, 5.41) is 5.99. The van der Waals surface area contributed by atoms with Crippen molar-refractivity contribution in [1.82, 2.24) is 4.98 Å². The van der Waals surface area contributed by atoms with E-state index in [1.807, 2.05) is 18.3 Å². The quantitative estimate of drug-likeness (QED) is 0.757. The van der Waals surface area contributed by atoms with E-state index in [4.69, 9.17) is 0 Å². The smallest absolute Gasteiger partial charge is 0.0421 e. The zero-order valence-corrected chi connectivity index (χ0v) is 10.7. The van der Waals surface area contributed by atoms with Gasteiger partial charge in [-0.25, -0.2) is 0 Å². The van der Waals surface area contributed by atoms with Crippen molar-refractivity contribution < 1.29 is 0 Å². The van der Waals surface area contributed by atoms with Gasteiger partial charge in [0.15, 0.2) is 0 Å². The second-order valence-electron chi connectivity index (χ2n) is 4.56. The highest BCUT2D eigenvalue weighted by Crippen LogP contribution is 2.18. The summed E-state index contributed by atoms with van der Waals surface area (Å²) in [4.78, 5) is 4.32. The van der Waals surface area contributed by atoms with Gasteiger partial charge in [-0.2, -0.15) is 0 Å². The Balaban J connectivity index is 1.65. The maximum absolute atomic E-state index is 4.32. The minimum Gasteiger partial charge on any atom is -0.385 e. The van der Waals surface area contributed by atoms with Crippen LogP contribution < -0.4 is 5.32 Å². The number of anilines is 1. The van der Waals surface area contributed by atoms with Gasteiger partial charge < -0.3 is 5.32 Å². The van der Waals surface area contributed by atoms with E-state index >= 15 is 0 Å². The maximum atomic E-state index is 4.32. The molecular formula is C17H16N2. The molecular weight excluding hydrogens is 232 g/mol. The molecule has 3 aromatic rings. The third-order valence-electron chi connectivity index (χ3n) is 3.19. The number of rotatable bonds is 4. The normalized spacial score (nSPS) is 10.5. The number of fused-ring (bicyclic) bond motifs is 1. The highest BCUT2D eigenvalue weighted by Gasteiger charge is 1.96. The van der Waals surface area contributed by atoms with Gasteiger partial charge in [0.2, 0.25) is 0 Å². The first-order valence-electron chi connectivity index (χ1n) is 6.54. The maximum Gasteiger partial charge on any atom is 0.0421 e. The summed E-state index contributed by atoms with van der Waals surface area (Å²) in [6, 6.07) is 20.9. The average molecular weight is 248 g/mol. The standard InChI is InChI=1S/C17H16N2/c1-2-6-15-13-17(9-8-14(15)5-1)19-12-10-16-7-3-4-11-18-16/h1-9,11,13,19H,10,12H2. The number of nitrogens with zero attached hydrogens (tertiary/aromatic N) is 1. The Morgan fingerprint density at radius 1 is 0.842 bits per heavy atom. The van der Waals surface area contributed by atoms with E-state index in [0.717, 1.165) is 24.3 Å². The lowest BCUT2D eigenvalue weighted by atomic mass is 10.1. The van der Waals surface area contributed by atoms with Crippen molar-refractivity contribution in [2.24, 2.45) is 0 Å². The van der Waals surface area contributed by atoms with Crippen molar-refractivity contribution >= 4 is 16.5 Å². The highest BCUT2D eigenvalue weighted by molar-refractivity contribution is 5.85. The van der Waals surface area contributed by atoms with E-state index in [1.165, 1.54) is 10.8 Å². The van der Waals surface area contributed by atoms with Gasteiger partial charge in [0.05, 0.1) is 0 Å². The van der Waals surface area contributed by atoms with Gasteiger partial charge in [0, 0.05) is 30.5 Å². The molecule has 0 aliphatic carbocycles. The third-order valence-corrected chi connectivity index (χ3v) is 3.19. The van der Waals surface area contributed by atoms with Gasteiger partial charge in [0.25, 0.3) is 0 Å². The van der Waals surface area contributed by atoms with Crippen LogP contribution in [0.2, 0.25) is 0 Å². The van der Waals surface area contributed by atoms with E-state index in [1.54, 1.807) is 0 Å². The van der Waals surface area contributed by atoms with E-state index in [9.17, 15) is 0 Å². The van der Waals surface area contributed by atoms with Gasteiger partial charge in [-0.1, -0.05) is 36.4 Å². The summed E-state index contributed by atoms with van der Waals surface area (Å²) in [7, 11) is 0. The molecule has 1 N–H and O–H groups in total. The Bertz CT molecular complexity index is 662. The lowest BCUT2D eigenvalue weighted by molar-refractivity contribution is 0.962. The summed E-state index contributed by atoms with van der Waals surface area (Å²) >= 11 is 0. The molecule has 0 atom stereocenters. The minimum absolute atomic E-state index is 0.898. The molecule has 0 unspecified atom stereocenters. The summed E-state index contributed by atoms with van der Waals surface area (Å²) < 4.78 is 0. The zero-order valence-electron chi connectivity index (χ0n) is 10.7. The summed E-state index contributed by atoms with van der Waals surface area (Å²) in [5.74, 6) is 0. The predicted molar refractivity (Wildman–Crippen MR) is 80.4 cm³/mol. The molecule has 19 heavy (non-hydrogen) atoms. The van der Waals surface area contributed by atoms with Gasteiger partial charge >= 0.3 is 0 Å². The first-order chi connectivity index (χ1) is 9.42. The predicted octanol–water partition coefficient (Wildman–Crippen LogP) is 3.89. The van der Waals surface area contributed by atoms with Crippen LogP contribution in [0.1, 0.15) is 5.69 Å². The molecule has 0 radical (unpaired) electrons. The number of hydrogen-bond donors (Lipinski definition) is 1. The average Bonchev–Trinajstić information content (AvgIpc) is 2.48. The molecule has 1 aromatic heterocycles. The van der Waals surface area contributed by atoms with Crippen molar-refractivity contribution in [2.45, 2.75) is 6.42 Å². The zero-order chi connectivity index (χ0) is 12.9. The number of nitrogens with one attached hydrogen (secondary N) is 1. The largest absolute Gasteiger partial charge is 0.385 e. The molecule has 0 fully saturated rings. The van der Waals surface area contributed by atoms with Gasteiger partial charge in [0.1, 0.15) is 0 Å². The molecule has 3 rings (SSSR count). The molecule has 2 heteroatoms. The Kier molecular flexibility index (Phi) is 3.41. The molecule has 0 bridgehead atoms. The fourth-order valence-corrected chi connectivity index (χ4v) is 2.18. The number of hydrogen-bond acceptors (Lipinski definition) is 2. The molecule has 0 saturated heterocycles. The molecule has 0 amide bonds. The number of aromatic nitrogens is 1. The van der Waals surface area contributed by atoms with E-state index in [-0.39, 0.29) is 0 Å². The Hall–Kier alpha value is -2.35. The van der Waals surface area contributed by atoms with Crippen LogP contribution >= 0.6 is 0 Å². The summed E-state index contributed by atoms with van der Waals surface area (Å²) in [6.07, 6.45) is 2.78. The van der Waals surface area contributed by atoms with Gasteiger partial charge in [-0.05, 0) is 35.0 Å². The fraction of sp³-hybridized carbons (Fsp3) is 0.118. The van der Waals surface area contributed by atoms with E-state index in [0.29, 0.717) is 0 Å². The van der Waals surface area contributed by atoms with Crippen LogP contribution in [0.4, 0.5) is 5.69 Å². The van der Waals surface area contributed by atoms with Crippen LogP contribution in [0.25, 0.3) is 10.8 Å². The summed E-state index contributed by atoms with van der Waals surface area (Å²) in [5.41, 5.74) is 2.28. The van der Waals surface area contributed by atoms with Crippen LogP contribution in [0.15, 0.2) is 66.9 Å². The van der Waals surface area contributed by atoms with Crippen LogP contribution in [-0.4, -0.2) is 11.5 Å². The van der Waals surface area contributed by atoms with Crippen molar-refractivity contribution in [1.29, 1.82) is 0 Å². The lowest BCUT2D eigenvalue weighted by Crippen LogP contribution is -2.05. The Morgan fingerprint density at radius 2 is 1.68 bits per heavy atom. The molecule has 94 valence electrons. The summed E-state index contributed by atoms with van der Waals surface area (Å²) in [6.45, 7) is 0.898. The highest BCUT2D eigenvalue weighted by atomic mass is 14.9. The molecule has 0 spiro atoms. The van der Waals surface area contributed by atoms with Crippen LogP contribution in [0.5, 0.6) is 0 Å². The van der Waals surface area contributed by atoms with E-state index < -0.39 is 0 Å². The second kappa shape index (κ2) is 5.53. The molecule has 2 aromatic carbocycles. The number of benzene rings is 2. The van der Waals surface area contributed by atoms with Crippen molar-refractivity contribution in [3.63, 3.8) is 0 Å². The van der Waals surface area contributed by atoms with Gasteiger partial charge in [-0.15, -0.1) is 0 Å².